The number of aromatic nitrogens is 1. The highest BCUT2D eigenvalue weighted by Gasteiger charge is 2.13. The van der Waals surface area contributed by atoms with E-state index in [2.05, 4.69) is 4.98 Å². The first-order chi connectivity index (χ1) is 7.04. The van der Waals surface area contributed by atoms with Gasteiger partial charge in [-0.3, -0.25) is 10.1 Å². The Morgan fingerprint density at radius 2 is 2.33 bits per heavy atom. The van der Waals surface area contributed by atoms with Crippen molar-refractivity contribution in [3.63, 3.8) is 0 Å². The van der Waals surface area contributed by atoms with Gasteiger partial charge in [-0.25, -0.2) is 4.98 Å². The second kappa shape index (κ2) is 5.32. The van der Waals surface area contributed by atoms with Crippen molar-refractivity contribution in [1.29, 1.82) is 0 Å². The van der Waals surface area contributed by atoms with Gasteiger partial charge in [0.2, 0.25) is 0 Å². The van der Waals surface area contributed by atoms with Crippen LogP contribution in [0.25, 0.3) is 0 Å². The van der Waals surface area contributed by atoms with Gasteiger partial charge < -0.3 is 0 Å². The number of hydrogen-bond acceptors (Lipinski definition) is 4. The minimum atomic E-state index is -0.429. The van der Waals surface area contributed by atoms with Crippen LogP contribution >= 0.6 is 23.4 Å². The van der Waals surface area contributed by atoms with Crippen LogP contribution in [0.5, 0.6) is 0 Å². The topological polar surface area (TPSA) is 56.0 Å². The van der Waals surface area contributed by atoms with Gasteiger partial charge in [0.05, 0.1) is 9.95 Å². The molecule has 4 nitrogen and oxygen atoms in total. The third-order valence-corrected chi connectivity index (χ3v) is 3.45. The van der Waals surface area contributed by atoms with E-state index >= 15 is 0 Å². The summed E-state index contributed by atoms with van der Waals surface area (Å²) in [6.07, 6.45) is 0. The zero-order valence-electron chi connectivity index (χ0n) is 8.44. The molecule has 0 aliphatic carbocycles. The van der Waals surface area contributed by atoms with Gasteiger partial charge in [-0.1, -0.05) is 6.92 Å². The average Bonchev–Trinajstić information content (AvgIpc) is 2.17. The van der Waals surface area contributed by atoms with E-state index in [1.54, 1.807) is 13.0 Å². The van der Waals surface area contributed by atoms with Crippen LogP contribution < -0.4 is 0 Å². The molecule has 1 unspecified atom stereocenters. The third-order valence-electron chi connectivity index (χ3n) is 1.77. The molecule has 1 rings (SSSR count). The Morgan fingerprint density at radius 3 is 2.80 bits per heavy atom. The molecule has 0 radical (unpaired) electrons. The zero-order valence-corrected chi connectivity index (χ0v) is 10.0. The van der Waals surface area contributed by atoms with Crippen LogP contribution in [0.2, 0.25) is 0 Å². The molecule has 0 saturated carbocycles. The van der Waals surface area contributed by atoms with Gasteiger partial charge in [0, 0.05) is 17.2 Å². The van der Waals surface area contributed by atoms with E-state index in [4.69, 9.17) is 11.6 Å². The Kier molecular flexibility index (Phi) is 4.35. The third kappa shape index (κ3) is 3.35. The molecule has 0 N–H and O–H groups in total. The summed E-state index contributed by atoms with van der Waals surface area (Å²) in [4.78, 5) is 14.3. The summed E-state index contributed by atoms with van der Waals surface area (Å²) in [6.45, 7) is 3.61. The van der Waals surface area contributed by atoms with Crippen LogP contribution in [-0.2, 0) is 0 Å². The first-order valence-electron chi connectivity index (χ1n) is 4.39. The van der Waals surface area contributed by atoms with Gasteiger partial charge >= 0.3 is 0 Å². The molecule has 0 amide bonds. The first-order valence-corrected chi connectivity index (χ1v) is 5.80. The number of aryl methyl sites for hydroxylation is 1. The van der Waals surface area contributed by atoms with E-state index in [0.29, 0.717) is 11.6 Å². The summed E-state index contributed by atoms with van der Waals surface area (Å²) in [5, 5.41) is 11.6. The quantitative estimate of drug-likeness (QED) is 0.355. The highest BCUT2D eigenvalue weighted by Crippen LogP contribution is 2.25. The lowest BCUT2D eigenvalue weighted by atomic mass is 10.3. The maximum atomic E-state index is 10.5. The van der Waals surface area contributed by atoms with Crippen molar-refractivity contribution < 1.29 is 4.92 Å². The van der Waals surface area contributed by atoms with Gasteiger partial charge in [-0.15, -0.1) is 23.4 Å². The smallest absolute Gasteiger partial charge is 0.258 e. The van der Waals surface area contributed by atoms with Crippen LogP contribution in [0.1, 0.15) is 12.6 Å². The van der Waals surface area contributed by atoms with Gasteiger partial charge in [0.1, 0.15) is 5.69 Å². The zero-order chi connectivity index (χ0) is 11.4. The molecule has 1 aromatic rings. The fraction of sp³-hybridized carbons (Fsp3) is 0.444. The molecule has 0 aliphatic heterocycles. The standard InChI is InChI=1S/C9H11ClN2O2S/c1-6(5-10)15-9-4-3-8(12(13)14)7(2)11-9/h3-4,6H,5H2,1-2H3. The predicted octanol–water partition coefficient (Wildman–Crippen LogP) is 3.02. The fourth-order valence-electron chi connectivity index (χ4n) is 1.03. The predicted molar refractivity (Wildman–Crippen MR) is 61.7 cm³/mol. The van der Waals surface area contributed by atoms with Crippen molar-refractivity contribution in [2.24, 2.45) is 0 Å². The summed E-state index contributed by atoms with van der Waals surface area (Å²) < 4.78 is 0. The Balaban J connectivity index is 2.87. The minimum Gasteiger partial charge on any atom is -0.258 e. The lowest BCUT2D eigenvalue weighted by Crippen LogP contribution is -2.00. The molecule has 0 aliphatic rings. The van der Waals surface area contributed by atoms with Crippen LogP contribution in [0.3, 0.4) is 0 Å². The van der Waals surface area contributed by atoms with Crippen molar-refractivity contribution >= 4 is 29.1 Å². The van der Waals surface area contributed by atoms with Crippen molar-refractivity contribution in [1.82, 2.24) is 4.98 Å². The number of nitro groups is 1. The highest BCUT2D eigenvalue weighted by molar-refractivity contribution is 7.99. The summed E-state index contributed by atoms with van der Waals surface area (Å²) >= 11 is 7.18. The molecular formula is C9H11ClN2O2S. The number of halogens is 1. The Bertz CT molecular complexity index is 373. The van der Waals surface area contributed by atoms with Crippen molar-refractivity contribution in [2.45, 2.75) is 24.1 Å². The van der Waals surface area contributed by atoms with Crippen molar-refractivity contribution in [3.05, 3.63) is 27.9 Å². The molecule has 0 aromatic carbocycles. The molecule has 15 heavy (non-hydrogen) atoms. The monoisotopic (exact) mass is 246 g/mol. The Labute approximate surface area is 97.2 Å². The molecule has 0 spiro atoms. The maximum absolute atomic E-state index is 10.5. The van der Waals surface area contributed by atoms with Crippen LogP contribution in [-0.4, -0.2) is 21.0 Å². The summed E-state index contributed by atoms with van der Waals surface area (Å²) in [6, 6.07) is 3.13. The lowest BCUT2D eigenvalue weighted by molar-refractivity contribution is -0.385. The van der Waals surface area contributed by atoms with E-state index < -0.39 is 4.92 Å². The molecule has 1 atom stereocenters. The molecule has 1 heterocycles. The second-order valence-corrected chi connectivity index (χ2v) is 4.86. The second-order valence-electron chi connectivity index (χ2n) is 3.09. The van der Waals surface area contributed by atoms with Crippen LogP contribution in [0.15, 0.2) is 17.2 Å². The van der Waals surface area contributed by atoms with Gasteiger partial charge in [0.15, 0.2) is 0 Å². The Hall–Kier alpha value is -0.810. The average molecular weight is 247 g/mol. The number of nitrogens with zero attached hydrogens (tertiary/aromatic N) is 2. The van der Waals surface area contributed by atoms with E-state index in [1.807, 2.05) is 6.92 Å². The molecule has 0 bridgehead atoms. The van der Waals surface area contributed by atoms with Crippen molar-refractivity contribution in [2.75, 3.05) is 5.88 Å². The summed E-state index contributed by atoms with van der Waals surface area (Å²) in [5.74, 6) is 0.530. The molecule has 0 fully saturated rings. The number of alkyl halides is 1. The molecule has 0 saturated heterocycles. The van der Waals surface area contributed by atoms with E-state index in [0.717, 1.165) is 5.03 Å². The normalized spacial score (nSPS) is 12.5. The highest BCUT2D eigenvalue weighted by atomic mass is 35.5. The number of rotatable bonds is 4. The minimum absolute atomic E-state index is 0.0536. The van der Waals surface area contributed by atoms with Gasteiger partial charge in [0.25, 0.3) is 5.69 Å². The SMILES string of the molecule is Cc1nc(SC(C)CCl)ccc1[N+](=O)[O-]. The van der Waals surface area contributed by atoms with Crippen LogP contribution in [0, 0.1) is 17.0 Å². The molecular weight excluding hydrogens is 236 g/mol. The van der Waals surface area contributed by atoms with Gasteiger partial charge in [-0.2, -0.15) is 0 Å². The molecule has 6 heteroatoms. The van der Waals surface area contributed by atoms with Crippen LogP contribution in [0.4, 0.5) is 5.69 Å². The van der Waals surface area contributed by atoms with E-state index in [1.165, 1.54) is 17.8 Å². The molecule has 82 valence electrons. The number of hydrogen-bond donors (Lipinski definition) is 0. The van der Waals surface area contributed by atoms with E-state index in [-0.39, 0.29) is 10.9 Å². The van der Waals surface area contributed by atoms with Gasteiger partial charge in [-0.05, 0) is 13.0 Å². The summed E-state index contributed by atoms with van der Waals surface area (Å²) in [7, 11) is 0. The summed E-state index contributed by atoms with van der Waals surface area (Å²) in [5.41, 5.74) is 0.490. The van der Waals surface area contributed by atoms with E-state index in [9.17, 15) is 10.1 Å². The molecule has 1 aromatic heterocycles. The maximum Gasteiger partial charge on any atom is 0.290 e. The largest absolute Gasteiger partial charge is 0.290 e. The first kappa shape index (κ1) is 12.3. The lowest BCUT2D eigenvalue weighted by Gasteiger charge is -2.06. The Morgan fingerprint density at radius 1 is 1.67 bits per heavy atom. The van der Waals surface area contributed by atoms with Crippen molar-refractivity contribution in [3.8, 4) is 0 Å². The fourth-order valence-corrected chi connectivity index (χ4v) is 2.03. The number of pyridine rings is 1. The number of thioether (sulfide) groups is 1.